The van der Waals surface area contributed by atoms with Crippen LogP contribution in [-0.2, 0) is 9.47 Å². The minimum Gasteiger partial charge on any atom is -0.490 e. The molecule has 0 fully saturated rings. The zero-order chi connectivity index (χ0) is 13.7. The smallest absolute Gasteiger partial charge is 0.161 e. The molecule has 17 heavy (non-hydrogen) atoms. The lowest BCUT2D eigenvalue weighted by Gasteiger charge is -2.06. The molecule has 0 saturated heterocycles. The molecular weight excluding hydrogens is 212 g/mol. The lowest BCUT2D eigenvalue weighted by Crippen LogP contribution is -1.92. The van der Waals surface area contributed by atoms with Gasteiger partial charge in [0.1, 0.15) is 0 Å². The summed E-state index contributed by atoms with van der Waals surface area (Å²) >= 11 is 0. The van der Waals surface area contributed by atoms with Gasteiger partial charge in [-0.1, -0.05) is 39.8 Å². The Morgan fingerprint density at radius 3 is 1.88 bits per heavy atom. The first-order valence-electron chi connectivity index (χ1n) is 6.51. The first kappa shape index (κ1) is 18.2. The Morgan fingerprint density at radius 2 is 1.47 bits per heavy atom. The van der Waals surface area contributed by atoms with Gasteiger partial charge in [0.05, 0.1) is 13.2 Å². The zero-order valence-corrected chi connectivity index (χ0v) is 12.3. The highest BCUT2D eigenvalue weighted by Gasteiger charge is 2.08. The third-order valence-corrected chi connectivity index (χ3v) is 1.65. The van der Waals surface area contributed by atoms with Crippen LogP contribution in [0, 0.1) is 0 Å². The average molecular weight is 240 g/mol. The number of hydrogen-bond donors (Lipinski definition) is 0. The molecule has 0 N–H and O–H groups in total. The van der Waals surface area contributed by atoms with Crippen LogP contribution in [0.15, 0.2) is 35.8 Å². The van der Waals surface area contributed by atoms with Crippen molar-refractivity contribution in [3.8, 4) is 0 Å². The second-order valence-corrected chi connectivity index (χ2v) is 3.20. The fourth-order valence-corrected chi connectivity index (χ4v) is 1.10. The van der Waals surface area contributed by atoms with Gasteiger partial charge in [-0.3, -0.25) is 0 Å². The van der Waals surface area contributed by atoms with Gasteiger partial charge < -0.3 is 9.47 Å². The van der Waals surface area contributed by atoms with Crippen LogP contribution >= 0.6 is 0 Å². The van der Waals surface area contributed by atoms with E-state index in [1.165, 1.54) is 5.57 Å². The van der Waals surface area contributed by atoms with Gasteiger partial charge in [-0.15, -0.1) is 0 Å². The van der Waals surface area contributed by atoms with E-state index in [-0.39, 0.29) is 0 Å². The first-order chi connectivity index (χ1) is 8.24. The van der Waals surface area contributed by atoms with Crippen LogP contribution < -0.4 is 0 Å². The second kappa shape index (κ2) is 12.9. The second-order valence-electron chi connectivity index (χ2n) is 3.20. The predicted molar refractivity (Wildman–Crippen MR) is 75.9 cm³/mol. The maximum absolute atomic E-state index is 5.52. The minimum absolute atomic E-state index is 0.710. The first-order valence-corrected chi connectivity index (χ1v) is 6.51. The molecule has 1 aliphatic heterocycles. The van der Waals surface area contributed by atoms with Crippen molar-refractivity contribution in [2.75, 3.05) is 13.2 Å². The molecule has 2 heteroatoms. The molecule has 0 aliphatic carbocycles. The van der Waals surface area contributed by atoms with Crippen LogP contribution in [-0.4, -0.2) is 13.2 Å². The fourth-order valence-electron chi connectivity index (χ4n) is 1.10. The Morgan fingerprint density at radius 1 is 1.00 bits per heavy atom. The van der Waals surface area contributed by atoms with Gasteiger partial charge >= 0.3 is 0 Å². The molecule has 0 amide bonds. The maximum Gasteiger partial charge on any atom is 0.161 e. The fraction of sp³-hybridized carbons (Fsp3) is 0.600. The normalized spacial score (nSPS) is 13.5. The molecule has 100 valence electrons. The Balaban J connectivity index is 0. The van der Waals surface area contributed by atoms with Crippen molar-refractivity contribution >= 4 is 0 Å². The molecule has 0 bridgehead atoms. The van der Waals surface area contributed by atoms with E-state index in [1.54, 1.807) is 6.08 Å². The molecule has 0 aromatic rings. The van der Waals surface area contributed by atoms with Crippen LogP contribution in [0.25, 0.3) is 0 Å². The summed E-state index contributed by atoms with van der Waals surface area (Å²) in [5.41, 5.74) is 1.19. The predicted octanol–water partition coefficient (Wildman–Crippen LogP) is 4.84. The number of allylic oxidation sites excluding steroid dienone is 3. The molecular formula is C15H28O2. The Bertz CT molecular complexity index is 246. The van der Waals surface area contributed by atoms with Gasteiger partial charge in [0.2, 0.25) is 0 Å². The van der Waals surface area contributed by atoms with Gasteiger partial charge in [0, 0.05) is 6.42 Å². The number of hydrogen-bond acceptors (Lipinski definition) is 2. The summed E-state index contributed by atoms with van der Waals surface area (Å²) in [6, 6.07) is 0. The lowest BCUT2D eigenvalue weighted by atomic mass is 10.2. The summed E-state index contributed by atoms with van der Waals surface area (Å²) in [6.45, 7) is 17.2. The van der Waals surface area contributed by atoms with Crippen molar-refractivity contribution in [3.63, 3.8) is 0 Å². The quantitative estimate of drug-likeness (QED) is 0.687. The summed E-state index contributed by atoms with van der Waals surface area (Å²) in [5, 5.41) is 0. The molecule has 1 aliphatic rings. The number of ether oxygens (including phenoxy) is 2. The average Bonchev–Trinajstić information content (AvgIpc) is 2.58. The molecule has 0 unspecified atom stereocenters. The third kappa shape index (κ3) is 8.61. The monoisotopic (exact) mass is 240 g/mol. The zero-order valence-electron chi connectivity index (χ0n) is 12.3. The van der Waals surface area contributed by atoms with Gasteiger partial charge in [0.15, 0.2) is 11.5 Å². The SMILES string of the molecule is C=CC1=C(C=C(C)C)OCCCO1.CC.CC. The molecule has 0 atom stereocenters. The highest BCUT2D eigenvalue weighted by molar-refractivity contribution is 5.25. The van der Waals surface area contributed by atoms with E-state index in [2.05, 4.69) is 6.58 Å². The van der Waals surface area contributed by atoms with Crippen molar-refractivity contribution in [3.05, 3.63) is 35.8 Å². The van der Waals surface area contributed by atoms with Gasteiger partial charge in [-0.2, -0.15) is 0 Å². The topological polar surface area (TPSA) is 18.5 Å². The Kier molecular flexibility index (Phi) is 13.8. The van der Waals surface area contributed by atoms with Crippen molar-refractivity contribution in [2.45, 2.75) is 48.0 Å². The Labute approximate surface area is 107 Å². The molecule has 0 spiro atoms. The van der Waals surface area contributed by atoms with Crippen molar-refractivity contribution in [1.82, 2.24) is 0 Å². The minimum atomic E-state index is 0.710. The highest BCUT2D eigenvalue weighted by atomic mass is 16.5. The molecule has 0 aromatic carbocycles. The van der Waals surface area contributed by atoms with Crippen LogP contribution in [0.5, 0.6) is 0 Å². The van der Waals surface area contributed by atoms with E-state index in [9.17, 15) is 0 Å². The summed E-state index contributed by atoms with van der Waals surface area (Å²) in [6.07, 6.45) is 4.60. The molecule has 1 rings (SSSR count). The molecule has 0 saturated carbocycles. The summed E-state index contributed by atoms with van der Waals surface area (Å²) in [4.78, 5) is 0. The molecule has 1 heterocycles. The van der Waals surface area contributed by atoms with Crippen LogP contribution in [0.3, 0.4) is 0 Å². The van der Waals surface area contributed by atoms with Gasteiger partial charge in [-0.05, 0) is 26.0 Å². The molecule has 2 nitrogen and oxygen atoms in total. The summed E-state index contributed by atoms with van der Waals surface area (Å²) in [7, 11) is 0. The van der Waals surface area contributed by atoms with E-state index in [4.69, 9.17) is 9.47 Å². The molecule has 0 aromatic heterocycles. The number of rotatable bonds is 2. The van der Waals surface area contributed by atoms with Gasteiger partial charge in [-0.25, -0.2) is 0 Å². The highest BCUT2D eigenvalue weighted by Crippen LogP contribution is 2.16. The van der Waals surface area contributed by atoms with E-state index in [0.717, 1.165) is 24.5 Å². The maximum atomic E-state index is 5.52. The van der Waals surface area contributed by atoms with Gasteiger partial charge in [0.25, 0.3) is 0 Å². The molecule has 0 radical (unpaired) electrons. The van der Waals surface area contributed by atoms with E-state index >= 15 is 0 Å². The van der Waals surface area contributed by atoms with E-state index in [0.29, 0.717) is 6.61 Å². The lowest BCUT2D eigenvalue weighted by molar-refractivity contribution is 0.214. The largest absolute Gasteiger partial charge is 0.490 e. The summed E-state index contributed by atoms with van der Waals surface area (Å²) in [5.74, 6) is 1.55. The van der Waals surface area contributed by atoms with Crippen LogP contribution in [0.1, 0.15) is 48.0 Å². The standard InChI is InChI=1S/C11H16O2.2C2H6/c1-4-10-11(8-9(2)3)13-7-5-6-12-10;2*1-2/h4,8H,1,5-7H2,2-3H3;2*1-2H3. The third-order valence-electron chi connectivity index (χ3n) is 1.65. The van der Waals surface area contributed by atoms with Crippen molar-refractivity contribution in [1.29, 1.82) is 0 Å². The summed E-state index contributed by atoms with van der Waals surface area (Å²) < 4.78 is 11.0. The Hall–Kier alpha value is -1.18. The van der Waals surface area contributed by atoms with E-state index < -0.39 is 0 Å². The van der Waals surface area contributed by atoms with Crippen molar-refractivity contribution in [2.24, 2.45) is 0 Å². The van der Waals surface area contributed by atoms with Crippen LogP contribution in [0.4, 0.5) is 0 Å². The van der Waals surface area contributed by atoms with Crippen LogP contribution in [0.2, 0.25) is 0 Å². The van der Waals surface area contributed by atoms with Crippen molar-refractivity contribution < 1.29 is 9.47 Å². The van der Waals surface area contributed by atoms with E-state index in [1.807, 2.05) is 47.6 Å².